The normalized spacial score (nSPS) is 17.7. The Morgan fingerprint density at radius 3 is 2.62 bits per heavy atom. The summed E-state index contributed by atoms with van der Waals surface area (Å²) in [6.45, 7) is 2.62. The van der Waals surface area contributed by atoms with Crippen LogP contribution < -0.4 is 15.4 Å². The van der Waals surface area contributed by atoms with Crippen molar-refractivity contribution in [3.63, 3.8) is 0 Å². The second-order valence-electron chi connectivity index (χ2n) is 7.79. The van der Waals surface area contributed by atoms with Gasteiger partial charge in [0.05, 0.1) is 24.4 Å². The maximum absolute atomic E-state index is 13.5. The number of allylic oxidation sites excluding steroid dienone is 1. The van der Waals surface area contributed by atoms with E-state index >= 15 is 0 Å². The average Bonchev–Trinajstić information content (AvgIpc) is 2.83. The number of alkyl halides is 2. The molecule has 2 heterocycles. The second-order valence-corrected chi connectivity index (χ2v) is 9.95. The van der Waals surface area contributed by atoms with Crippen LogP contribution in [0.3, 0.4) is 0 Å². The Hall–Kier alpha value is -2.68. The van der Waals surface area contributed by atoms with Crippen molar-refractivity contribution in [1.82, 2.24) is 4.90 Å². The van der Waals surface area contributed by atoms with E-state index in [0.717, 1.165) is 29.4 Å². The summed E-state index contributed by atoms with van der Waals surface area (Å²) in [4.78, 5) is 31.3. The first-order valence-corrected chi connectivity index (χ1v) is 12.6. The van der Waals surface area contributed by atoms with Crippen LogP contribution in [0.5, 0.6) is 5.75 Å². The highest BCUT2D eigenvalue weighted by Crippen LogP contribution is 2.40. The molecule has 10 heteroatoms. The molecule has 0 radical (unpaired) electrons. The molecule has 0 bridgehead atoms. The number of hydrogen-bond acceptors (Lipinski definition) is 6. The number of anilines is 2. The molecule has 2 aromatic rings. The molecule has 1 saturated heterocycles. The molecule has 7 nitrogen and oxygen atoms in total. The van der Waals surface area contributed by atoms with Crippen molar-refractivity contribution in [3.05, 3.63) is 65.4 Å². The lowest BCUT2D eigenvalue weighted by Crippen LogP contribution is -2.43. The largest absolute Gasteiger partial charge is 0.497 e. The highest BCUT2D eigenvalue weighted by atomic mass is 35.5. The first-order valence-electron chi connectivity index (χ1n) is 10.7. The van der Waals surface area contributed by atoms with Crippen LogP contribution in [0.25, 0.3) is 0 Å². The van der Waals surface area contributed by atoms with Gasteiger partial charge in [-0.05, 0) is 55.3 Å². The Labute approximate surface area is 212 Å². The van der Waals surface area contributed by atoms with Gasteiger partial charge in [-0.1, -0.05) is 47.1 Å². The van der Waals surface area contributed by atoms with Crippen molar-refractivity contribution >= 4 is 63.3 Å². The number of methoxy groups -OCH3 is 1. The van der Waals surface area contributed by atoms with E-state index in [2.05, 4.69) is 15.5 Å². The highest BCUT2D eigenvalue weighted by molar-refractivity contribution is 8.13. The number of nitrogens with one attached hydrogen (secondary N) is 2. The molecule has 2 aliphatic rings. The number of amides is 2. The molecule has 2 amide bonds. The molecule has 2 N–H and O–H groups in total. The fourth-order valence-corrected chi connectivity index (χ4v) is 5.09. The zero-order chi connectivity index (χ0) is 24.2. The van der Waals surface area contributed by atoms with Crippen LogP contribution in [-0.2, 0) is 9.59 Å². The minimum atomic E-state index is -1.18. The molecule has 0 aliphatic carbocycles. The molecule has 2 aliphatic heterocycles. The smallest absolute Gasteiger partial charge is 0.257 e. The van der Waals surface area contributed by atoms with Crippen molar-refractivity contribution in [2.45, 2.75) is 24.2 Å². The van der Waals surface area contributed by atoms with E-state index in [-0.39, 0.29) is 11.9 Å². The van der Waals surface area contributed by atoms with Crippen molar-refractivity contribution in [3.8, 4) is 5.75 Å². The van der Waals surface area contributed by atoms with Crippen LogP contribution in [0, 0.1) is 0 Å². The van der Waals surface area contributed by atoms with E-state index in [4.69, 9.17) is 32.9 Å². The van der Waals surface area contributed by atoms with E-state index in [1.54, 1.807) is 49.2 Å². The van der Waals surface area contributed by atoms with Crippen LogP contribution in [0.1, 0.15) is 24.9 Å². The Kier molecular flexibility index (Phi) is 7.70. The zero-order valence-electron chi connectivity index (χ0n) is 18.7. The summed E-state index contributed by atoms with van der Waals surface area (Å²) >= 11 is 13.1. The van der Waals surface area contributed by atoms with Crippen LogP contribution in [0.4, 0.5) is 11.4 Å². The predicted molar refractivity (Wildman–Crippen MR) is 139 cm³/mol. The lowest BCUT2D eigenvalue weighted by Gasteiger charge is -2.41. The van der Waals surface area contributed by atoms with Gasteiger partial charge in [-0.3, -0.25) is 9.59 Å². The van der Waals surface area contributed by atoms with E-state index in [0.29, 0.717) is 28.4 Å². The molecular weight excluding hydrogens is 495 g/mol. The minimum absolute atomic E-state index is 0.234. The predicted octanol–water partition coefficient (Wildman–Crippen LogP) is 5.20. The molecule has 0 saturated carbocycles. The van der Waals surface area contributed by atoms with E-state index in [1.165, 1.54) is 0 Å². The summed E-state index contributed by atoms with van der Waals surface area (Å²) in [5.41, 5.74) is 3.28. The van der Waals surface area contributed by atoms with Crippen LogP contribution in [-0.4, -0.2) is 46.1 Å². The van der Waals surface area contributed by atoms with Gasteiger partial charge in [0.25, 0.3) is 11.8 Å². The number of hydrogen-bond donors (Lipinski definition) is 2. The molecule has 178 valence electrons. The van der Waals surface area contributed by atoms with Crippen molar-refractivity contribution in [2.75, 3.05) is 30.0 Å². The number of thioether (sulfide) groups is 1. The number of rotatable bonds is 6. The van der Waals surface area contributed by atoms with Crippen LogP contribution >= 0.6 is 35.0 Å². The van der Waals surface area contributed by atoms with E-state index < -0.39 is 10.7 Å². The number of amidine groups is 1. The fourth-order valence-electron chi connectivity index (χ4n) is 3.96. The van der Waals surface area contributed by atoms with Crippen molar-refractivity contribution in [2.24, 2.45) is 4.99 Å². The summed E-state index contributed by atoms with van der Waals surface area (Å²) in [7, 11) is 1.59. The molecule has 1 fully saturated rings. The summed E-state index contributed by atoms with van der Waals surface area (Å²) < 4.78 is 5.20. The molecule has 4 rings (SSSR count). The molecule has 0 spiro atoms. The average molecular weight is 519 g/mol. The van der Waals surface area contributed by atoms with Gasteiger partial charge in [0, 0.05) is 23.7 Å². The number of nitrogens with zero attached hydrogens (tertiary/aromatic N) is 2. The van der Waals surface area contributed by atoms with Gasteiger partial charge in [0.2, 0.25) is 0 Å². The Morgan fingerprint density at radius 2 is 1.91 bits per heavy atom. The van der Waals surface area contributed by atoms with Crippen LogP contribution in [0.15, 0.2) is 64.8 Å². The molecule has 0 aromatic heterocycles. The third-order valence-electron chi connectivity index (χ3n) is 5.52. The summed E-state index contributed by atoms with van der Waals surface area (Å²) in [5.74, 6) is 0.940. The Balaban J connectivity index is 1.70. The first kappa shape index (κ1) is 24.4. The molecule has 1 atom stereocenters. The third kappa shape index (κ3) is 5.35. The van der Waals surface area contributed by atoms with Gasteiger partial charge in [0.1, 0.15) is 5.75 Å². The fraction of sp³-hybridized carbons (Fsp3) is 0.292. The molecule has 1 unspecified atom stereocenters. The van der Waals surface area contributed by atoms with Gasteiger partial charge in [-0.15, -0.1) is 0 Å². The number of ether oxygens (including phenoxy) is 1. The van der Waals surface area contributed by atoms with E-state index in [1.807, 2.05) is 25.1 Å². The zero-order valence-corrected chi connectivity index (χ0v) is 21.0. The summed E-state index contributed by atoms with van der Waals surface area (Å²) in [5, 5.41) is 6.60. The van der Waals surface area contributed by atoms with Gasteiger partial charge in [0.15, 0.2) is 10.0 Å². The van der Waals surface area contributed by atoms with Gasteiger partial charge in [-0.25, -0.2) is 4.99 Å². The molecular formula is C24H24Cl2N4O3S. The summed E-state index contributed by atoms with van der Waals surface area (Å²) in [6.07, 6.45) is 0.975. The number of benzene rings is 2. The van der Waals surface area contributed by atoms with Crippen molar-refractivity contribution in [1.29, 1.82) is 0 Å². The molecule has 34 heavy (non-hydrogen) atoms. The third-order valence-corrected chi connectivity index (χ3v) is 6.99. The Bertz CT molecular complexity index is 1150. The van der Waals surface area contributed by atoms with E-state index in [9.17, 15) is 9.59 Å². The number of aliphatic imine (C=N–C) groups is 1. The Morgan fingerprint density at radius 1 is 1.15 bits per heavy atom. The van der Waals surface area contributed by atoms with Gasteiger partial charge < -0.3 is 20.3 Å². The quantitative estimate of drug-likeness (QED) is 0.513. The lowest BCUT2D eigenvalue weighted by atomic mass is 9.93. The monoisotopic (exact) mass is 518 g/mol. The standard InChI is InChI=1S/C24H24Cl2N4O3S/c1-14-19(22(31)28-16-7-9-18(33-2)10-8-16)20(30-11-4-12-34-24(30)27-14)15-5-3-6-17(13-15)29-23(32)21(25)26/h3,5-10,13,20-21H,4,11-12H2,1-2H3,(H,28,31)(H,29,32). The van der Waals surface area contributed by atoms with Crippen LogP contribution in [0.2, 0.25) is 0 Å². The minimum Gasteiger partial charge on any atom is -0.497 e. The molecule has 2 aromatic carbocycles. The highest BCUT2D eigenvalue weighted by Gasteiger charge is 2.37. The number of halogens is 2. The lowest BCUT2D eigenvalue weighted by molar-refractivity contribution is -0.115. The number of carbonyl (C=O) groups is 2. The second kappa shape index (κ2) is 10.7. The topological polar surface area (TPSA) is 83.0 Å². The van der Waals surface area contributed by atoms with Gasteiger partial charge >= 0.3 is 0 Å². The maximum Gasteiger partial charge on any atom is 0.257 e. The number of carbonyl (C=O) groups excluding carboxylic acids is 2. The SMILES string of the molecule is COc1ccc(NC(=O)C2=C(C)N=C3SCCCN3C2c2cccc(NC(=O)C(Cl)Cl)c2)cc1. The van der Waals surface area contributed by atoms with Crippen molar-refractivity contribution < 1.29 is 14.3 Å². The number of fused-ring (bicyclic) bond motifs is 1. The maximum atomic E-state index is 13.5. The first-order chi connectivity index (χ1) is 16.4. The van der Waals surface area contributed by atoms with Gasteiger partial charge in [-0.2, -0.15) is 0 Å². The summed E-state index contributed by atoms with van der Waals surface area (Å²) in [6, 6.07) is 14.2.